The molecule has 0 aliphatic carbocycles. The maximum atomic E-state index is 12.7. The highest BCUT2D eigenvalue weighted by atomic mass is 32.2. The molecule has 3 rings (SSSR count). The molecule has 1 fully saturated rings. The van der Waals surface area contributed by atoms with Crippen molar-refractivity contribution >= 4 is 27.3 Å². The van der Waals surface area contributed by atoms with Gasteiger partial charge in [0.1, 0.15) is 5.75 Å². The number of piperidine rings is 1. The topological polar surface area (TPSA) is 79.0 Å². The Balaban J connectivity index is 1.54. The first kappa shape index (κ1) is 24.9. The van der Waals surface area contributed by atoms with Crippen LogP contribution in [0.4, 0.5) is 11.4 Å². The van der Waals surface area contributed by atoms with Gasteiger partial charge in [0.15, 0.2) is 6.10 Å². The van der Waals surface area contributed by atoms with E-state index in [2.05, 4.69) is 41.4 Å². The largest absolute Gasteiger partial charge is 0.481 e. The molecular formula is C25H35N3O4S. The fourth-order valence-electron chi connectivity index (χ4n) is 4.00. The Labute approximate surface area is 197 Å². The van der Waals surface area contributed by atoms with Crippen LogP contribution >= 0.6 is 0 Å². The van der Waals surface area contributed by atoms with Gasteiger partial charge in [-0.2, -0.15) is 0 Å². The smallest absolute Gasteiger partial charge is 0.261 e. The second-order valence-electron chi connectivity index (χ2n) is 9.00. The Morgan fingerprint density at radius 2 is 1.76 bits per heavy atom. The number of carbonyl (C=O) groups is 1. The predicted octanol–water partition coefficient (Wildman–Crippen LogP) is 3.96. The molecule has 0 spiro atoms. The van der Waals surface area contributed by atoms with Crippen LogP contribution < -0.4 is 19.3 Å². The van der Waals surface area contributed by atoms with E-state index >= 15 is 0 Å². The van der Waals surface area contributed by atoms with Crippen molar-refractivity contribution in [2.75, 3.05) is 35.6 Å². The minimum absolute atomic E-state index is 0.149. The van der Waals surface area contributed by atoms with Gasteiger partial charge < -0.3 is 15.0 Å². The lowest BCUT2D eigenvalue weighted by molar-refractivity contribution is -0.127. The lowest BCUT2D eigenvalue weighted by Gasteiger charge is -2.33. The molecule has 1 aliphatic heterocycles. The zero-order valence-electron chi connectivity index (χ0n) is 20.1. The van der Waals surface area contributed by atoms with Crippen molar-refractivity contribution in [2.45, 2.75) is 45.8 Å². The maximum Gasteiger partial charge on any atom is 0.261 e. The number of sulfonamides is 1. The fraction of sp³-hybridized carbons (Fsp3) is 0.480. The Kier molecular flexibility index (Phi) is 7.89. The molecule has 180 valence electrons. The van der Waals surface area contributed by atoms with E-state index in [1.807, 2.05) is 6.92 Å². The van der Waals surface area contributed by atoms with Gasteiger partial charge in [0.25, 0.3) is 5.91 Å². The van der Waals surface area contributed by atoms with E-state index in [1.54, 1.807) is 31.2 Å². The van der Waals surface area contributed by atoms with Crippen LogP contribution in [0.25, 0.3) is 0 Å². The number of rotatable bonds is 8. The van der Waals surface area contributed by atoms with E-state index in [0.29, 0.717) is 11.4 Å². The van der Waals surface area contributed by atoms with Crippen molar-refractivity contribution < 1.29 is 17.9 Å². The fourth-order valence-corrected chi connectivity index (χ4v) is 4.50. The number of hydrogen-bond acceptors (Lipinski definition) is 5. The van der Waals surface area contributed by atoms with Crippen molar-refractivity contribution in [2.24, 2.45) is 5.92 Å². The van der Waals surface area contributed by atoms with E-state index in [-0.39, 0.29) is 11.9 Å². The molecule has 2 aromatic carbocycles. The zero-order chi connectivity index (χ0) is 24.2. The summed E-state index contributed by atoms with van der Waals surface area (Å²) in [5.41, 5.74) is 2.79. The summed E-state index contributed by atoms with van der Waals surface area (Å²) < 4.78 is 30.3. The second-order valence-corrected chi connectivity index (χ2v) is 11.0. The van der Waals surface area contributed by atoms with Gasteiger partial charge in [0.05, 0.1) is 18.0 Å². The summed E-state index contributed by atoms with van der Waals surface area (Å²) >= 11 is 0. The number of hydrogen-bond donors (Lipinski definition) is 1. The summed E-state index contributed by atoms with van der Waals surface area (Å²) in [5, 5.41) is 3.01. The quantitative estimate of drug-likeness (QED) is 0.628. The number of carbonyl (C=O) groups excluding carboxylic acids is 1. The van der Waals surface area contributed by atoms with E-state index in [9.17, 15) is 13.2 Å². The van der Waals surface area contributed by atoms with E-state index in [0.717, 1.165) is 30.8 Å². The van der Waals surface area contributed by atoms with E-state index in [4.69, 9.17) is 4.74 Å². The highest BCUT2D eigenvalue weighted by Crippen LogP contribution is 2.25. The summed E-state index contributed by atoms with van der Waals surface area (Å²) in [6.45, 7) is 8.13. The molecule has 3 atom stereocenters. The number of ether oxygens (including phenoxy) is 1. The third-order valence-electron chi connectivity index (χ3n) is 6.15. The Hall–Kier alpha value is -2.74. The maximum absolute atomic E-state index is 12.7. The van der Waals surface area contributed by atoms with Gasteiger partial charge in [-0.3, -0.25) is 9.10 Å². The summed E-state index contributed by atoms with van der Waals surface area (Å²) in [7, 11) is -1.84. The molecule has 8 heteroatoms. The average Bonchev–Trinajstić information content (AvgIpc) is 2.78. The van der Waals surface area contributed by atoms with Crippen LogP contribution in [-0.2, 0) is 14.8 Å². The van der Waals surface area contributed by atoms with Crippen LogP contribution in [-0.4, -0.2) is 46.8 Å². The molecule has 0 radical (unpaired) electrons. The van der Waals surface area contributed by atoms with Gasteiger partial charge in [0, 0.05) is 25.8 Å². The Bertz CT molecular complexity index is 1040. The normalized spacial score (nSPS) is 18.3. The van der Waals surface area contributed by atoms with E-state index < -0.39 is 16.1 Å². The van der Waals surface area contributed by atoms with Gasteiger partial charge in [-0.05, 0) is 74.6 Å². The lowest BCUT2D eigenvalue weighted by atomic mass is 9.99. The molecule has 1 saturated heterocycles. The first-order valence-electron chi connectivity index (χ1n) is 11.4. The summed E-state index contributed by atoms with van der Waals surface area (Å²) in [6, 6.07) is 14.9. The lowest BCUT2D eigenvalue weighted by Crippen LogP contribution is -2.37. The van der Waals surface area contributed by atoms with Crippen molar-refractivity contribution in [3.05, 3.63) is 54.1 Å². The standard InChI is InChI=1S/C25H35N3O4S/c1-18-7-6-16-28(17-18)23-10-8-21(9-11-23)19(2)26-25(29)20(3)32-24-14-12-22(13-15-24)27(4)33(5,30)31/h8-15,18-20H,6-7,16-17H2,1-5H3,(H,26,29)/t18-,19+,20-/m1/s1. The molecule has 1 N–H and O–H groups in total. The Morgan fingerprint density at radius 1 is 1.12 bits per heavy atom. The SMILES string of the molecule is C[C@@H]1CCCN(c2ccc([C@H](C)NC(=O)[C@@H](C)Oc3ccc(N(C)S(C)(=O)=O)cc3)cc2)C1. The number of benzene rings is 2. The number of nitrogens with zero attached hydrogens (tertiary/aromatic N) is 2. The monoisotopic (exact) mass is 473 g/mol. The molecule has 1 aliphatic rings. The molecule has 1 amide bonds. The minimum atomic E-state index is -3.33. The number of anilines is 2. The second kappa shape index (κ2) is 10.5. The van der Waals surface area contributed by atoms with Crippen molar-refractivity contribution in [1.82, 2.24) is 5.32 Å². The van der Waals surface area contributed by atoms with Gasteiger partial charge in [-0.15, -0.1) is 0 Å². The van der Waals surface area contributed by atoms with Crippen molar-refractivity contribution in [1.29, 1.82) is 0 Å². The molecule has 0 saturated carbocycles. The number of amides is 1. The third kappa shape index (κ3) is 6.63. The highest BCUT2D eigenvalue weighted by Gasteiger charge is 2.20. The molecule has 0 unspecified atom stereocenters. The van der Waals surface area contributed by atoms with Crippen LogP contribution in [0.5, 0.6) is 5.75 Å². The third-order valence-corrected chi connectivity index (χ3v) is 7.36. The minimum Gasteiger partial charge on any atom is -0.481 e. The molecule has 2 aromatic rings. The first-order chi connectivity index (χ1) is 15.5. The van der Waals surface area contributed by atoms with Gasteiger partial charge >= 0.3 is 0 Å². The summed E-state index contributed by atoms with van der Waals surface area (Å²) in [4.78, 5) is 15.1. The average molecular weight is 474 g/mol. The molecule has 1 heterocycles. The van der Waals surface area contributed by atoms with Gasteiger partial charge in [-0.1, -0.05) is 19.1 Å². The van der Waals surface area contributed by atoms with Crippen LogP contribution in [0.2, 0.25) is 0 Å². The summed E-state index contributed by atoms with van der Waals surface area (Å²) in [5.74, 6) is 1.000. The molecule has 7 nitrogen and oxygen atoms in total. The number of nitrogens with one attached hydrogen (secondary N) is 1. The zero-order valence-corrected chi connectivity index (χ0v) is 20.9. The molecule has 33 heavy (non-hydrogen) atoms. The first-order valence-corrected chi connectivity index (χ1v) is 13.3. The van der Waals surface area contributed by atoms with Crippen LogP contribution in [0.1, 0.15) is 45.2 Å². The van der Waals surface area contributed by atoms with Crippen LogP contribution in [0.15, 0.2) is 48.5 Å². The van der Waals surface area contributed by atoms with Crippen molar-refractivity contribution in [3.63, 3.8) is 0 Å². The van der Waals surface area contributed by atoms with Crippen LogP contribution in [0.3, 0.4) is 0 Å². The van der Waals surface area contributed by atoms with Crippen molar-refractivity contribution in [3.8, 4) is 5.75 Å². The molecular weight excluding hydrogens is 438 g/mol. The van der Waals surface area contributed by atoms with Gasteiger partial charge in [0.2, 0.25) is 10.0 Å². The highest BCUT2D eigenvalue weighted by molar-refractivity contribution is 7.92. The molecule has 0 bridgehead atoms. The van der Waals surface area contributed by atoms with Gasteiger partial charge in [-0.25, -0.2) is 8.42 Å². The molecule has 0 aromatic heterocycles. The van der Waals surface area contributed by atoms with Crippen LogP contribution in [0, 0.1) is 5.92 Å². The predicted molar refractivity (Wildman–Crippen MR) is 133 cm³/mol. The summed E-state index contributed by atoms with van der Waals surface area (Å²) in [6.07, 6.45) is 2.97. The Morgan fingerprint density at radius 3 is 2.33 bits per heavy atom. The van der Waals surface area contributed by atoms with E-state index in [1.165, 1.54) is 29.9 Å².